The zero-order chi connectivity index (χ0) is 41.3. The molecule has 0 bridgehead atoms. The van der Waals surface area contributed by atoms with Crippen LogP contribution >= 0.6 is 0 Å². The summed E-state index contributed by atoms with van der Waals surface area (Å²) in [5.41, 5.74) is 19.2. The Hall–Kier alpha value is -4.64. The quantitative estimate of drug-likeness (QED) is 0.256. The number of hydrogen-bond acceptors (Lipinski definition) is 4. The Balaban J connectivity index is 1.02. The zero-order valence-corrected chi connectivity index (χ0v) is 37.1. The zero-order valence-electron chi connectivity index (χ0n) is 37.1. The minimum atomic E-state index is 0.348. The van der Waals surface area contributed by atoms with Crippen molar-refractivity contribution in [2.24, 2.45) is 23.7 Å². The molecule has 4 nitrogen and oxygen atoms in total. The molecule has 2 N–H and O–H groups in total. The fourth-order valence-corrected chi connectivity index (χ4v) is 14.1. The first-order chi connectivity index (χ1) is 30.7. The fourth-order valence-electron chi connectivity index (χ4n) is 14.1. The van der Waals surface area contributed by atoms with Gasteiger partial charge in [0, 0.05) is 17.3 Å². The van der Waals surface area contributed by atoms with Crippen molar-refractivity contribution >= 4 is 11.1 Å². The van der Waals surface area contributed by atoms with E-state index in [1.807, 2.05) is 0 Å². The van der Waals surface area contributed by atoms with Gasteiger partial charge in [-0.15, -0.1) is 0 Å². The van der Waals surface area contributed by atoms with Gasteiger partial charge >= 0.3 is 0 Å². The van der Waals surface area contributed by atoms with Crippen molar-refractivity contribution in [2.45, 2.75) is 140 Å². The molecule has 318 valence electrons. The summed E-state index contributed by atoms with van der Waals surface area (Å²) in [4.78, 5) is 5.47. The Morgan fingerprint density at radius 2 is 1.48 bits per heavy atom. The van der Waals surface area contributed by atoms with Gasteiger partial charge in [-0.3, -0.25) is 10.6 Å². The minimum Gasteiger partial charge on any atom is -0.351 e. The lowest BCUT2D eigenvalue weighted by atomic mass is 9.57. The summed E-state index contributed by atoms with van der Waals surface area (Å²) in [7, 11) is 0. The lowest BCUT2D eigenvalue weighted by Crippen LogP contribution is -2.40. The Kier molecular flexibility index (Phi) is 10.2. The molecule has 1 aromatic carbocycles. The van der Waals surface area contributed by atoms with Crippen LogP contribution in [0.3, 0.4) is 0 Å². The molecule has 4 heteroatoms. The molecule has 10 atom stereocenters. The van der Waals surface area contributed by atoms with E-state index in [9.17, 15) is 0 Å². The van der Waals surface area contributed by atoms with Crippen LogP contribution < -0.4 is 10.6 Å². The molecule has 0 saturated carbocycles. The predicted molar refractivity (Wildman–Crippen MR) is 257 cm³/mol. The largest absolute Gasteiger partial charge is 0.351 e. The molecule has 2 saturated heterocycles. The smallest absolute Gasteiger partial charge is 0.0805 e. The standard InChI is InChI=1S/C58H66N4/c1-3-50-59-46-25-11-13-27-48(46)61(50)42-33-29-40(30-34-42)53-54(41-31-35-43(36-32-41)62-49-28-14-12-26-47(49)60-51(62)4-2)56(39-19-9-6-10-20-39)58-45-24-16-22-37-21-15-23-44(52(37)45)57(58)55(53)38-17-7-5-8-18-38/h7,11-15,17-19,21,23-28,31,33,35-36,40-41,46-51,54,56,59-60H,3-6,8-10,16,20,22,29-30,32,34H2,1-2H3. The monoisotopic (exact) mass is 819 g/mol. The summed E-state index contributed by atoms with van der Waals surface area (Å²) in [6, 6.07) is 8.89. The number of nitrogens with zero attached hydrogens (tertiary/aromatic N) is 2. The summed E-state index contributed by atoms with van der Waals surface area (Å²) in [5.74, 6) is 1.74. The van der Waals surface area contributed by atoms with Crippen molar-refractivity contribution in [3.63, 3.8) is 0 Å². The predicted octanol–water partition coefficient (Wildman–Crippen LogP) is 12.3. The number of fused-ring (bicyclic) bond motifs is 4. The molecule has 0 spiro atoms. The number of allylic oxidation sites excluding steroid dienone is 21. The van der Waals surface area contributed by atoms with Gasteiger partial charge in [-0.25, -0.2) is 0 Å². The van der Waals surface area contributed by atoms with Crippen LogP contribution in [-0.4, -0.2) is 46.3 Å². The molecule has 0 radical (unpaired) electrons. The van der Waals surface area contributed by atoms with E-state index in [-0.39, 0.29) is 0 Å². The van der Waals surface area contributed by atoms with Crippen LogP contribution in [0.15, 0.2) is 161 Å². The van der Waals surface area contributed by atoms with E-state index >= 15 is 0 Å². The van der Waals surface area contributed by atoms with Gasteiger partial charge in [0.1, 0.15) is 0 Å². The topological polar surface area (TPSA) is 30.5 Å². The average molecular weight is 819 g/mol. The Bertz CT molecular complexity index is 2430. The molecule has 2 aliphatic heterocycles. The van der Waals surface area contributed by atoms with E-state index in [4.69, 9.17) is 0 Å². The first-order valence-electron chi connectivity index (χ1n) is 24.9. The molecule has 9 aliphatic carbocycles. The van der Waals surface area contributed by atoms with E-state index in [2.05, 4.69) is 156 Å². The van der Waals surface area contributed by atoms with Gasteiger partial charge < -0.3 is 9.80 Å². The maximum atomic E-state index is 3.98. The lowest BCUT2D eigenvalue weighted by Gasteiger charge is -2.47. The van der Waals surface area contributed by atoms with Gasteiger partial charge in [0.2, 0.25) is 0 Å². The minimum absolute atomic E-state index is 0.348. The maximum Gasteiger partial charge on any atom is 0.0805 e. The summed E-state index contributed by atoms with van der Waals surface area (Å²) in [5, 5.41) is 7.94. The van der Waals surface area contributed by atoms with Gasteiger partial charge in [-0.05, 0) is 158 Å². The third-order valence-electron chi connectivity index (χ3n) is 16.7. The Morgan fingerprint density at radius 3 is 2.19 bits per heavy atom. The second-order valence-electron chi connectivity index (χ2n) is 19.9. The van der Waals surface area contributed by atoms with Gasteiger partial charge in [-0.1, -0.05) is 140 Å². The molecular formula is C58H66N4. The SMILES string of the molecule is CCC1NC2C=CC=CC2N1C1=CCC(C2C(C3CC=C(N4C(CC)NC5C=CC=CC54)CC3)=C(C3=CCCC=C3)C3=C(C4=CCCc5cccc3c54)C2C2=CCCCC2)C=C1. The number of hydrogen-bond donors (Lipinski definition) is 2. The molecule has 1 aromatic rings. The van der Waals surface area contributed by atoms with Gasteiger partial charge in [0.05, 0.1) is 36.5 Å². The van der Waals surface area contributed by atoms with Crippen LogP contribution in [0.25, 0.3) is 11.1 Å². The molecule has 12 rings (SSSR count). The summed E-state index contributed by atoms with van der Waals surface area (Å²) in [6.07, 6.45) is 59.4. The number of rotatable bonds is 8. The van der Waals surface area contributed by atoms with E-state index in [0.717, 1.165) is 57.8 Å². The molecule has 10 unspecified atom stereocenters. The maximum absolute atomic E-state index is 3.98. The first-order valence-corrected chi connectivity index (χ1v) is 24.9. The third kappa shape index (κ3) is 6.28. The lowest BCUT2D eigenvalue weighted by molar-refractivity contribution is 0.239. The van der Waals surface area contributed by atoms with E-state index in [1.54, 1.807) is 50.3 Å². The number of benzene rings is 1. The number of nitrogens with one attached hydrogen (secondary N) is 2. The van der Waals surface area contributed by atoms with Crippen molar-refractivity contribution in [3.8, 4) is 0 Å². The molecule has 2 heterocycles. The van der Waals surface area contributed by atoms with E-state index < -0.39 is 0 Å². The summed E-state index contributed by atoms with van der Waals surface area (Å²) < 4.78 is 0. The highest BCUT2D eigenvalue weighted by Gasteiger charge is 2.50. The molecule has 2 fully saturated rings. The highest BCUT2D eigenvalue weighted by molar-refractivity contribution is 6.09. The molecule has 0 aromatic heterocycles. The van der Waals surface area contributed by atoms with Crippen LogP contribution in [0.5, 0.6) is 0 Å². The normalized spacial score (nSPS) is 35.4. The Labute approximate surface area is 371 Å². The van der Waals surface area contributed by atoms with Gasteiger partial charge in [0.15, 0.2) is 0 Å². The Morgan fingerprint density at radius 1 is 0.677 bits per heavy atom. The van der Waals surface area contributed by atoms with E-state index in [1.165, 1.54) is 48.9 Å². The van der Waals surface area contributed by atoms with Gasteiger partial charge in [-0.2, -0.15) is 0 Å². The van der Waals surface area contributed by atoms with Crippen molar-refractivity contribution in [1.82, 2.24) is 20.4 Å². The molecular weight excluding hydrogens is 753 g/mol. The highest BCUT2D eigenvalue weighted by Crippen LogP contribution is 2.63. The average Bonchev–Trinajstić information content (AvgIpc) is 4.02. The second kappa shape index (κ2) is 16.2. The second-order valence-corrected chi connectivity index (χ2v) is 19.9. The molecule has 62 heavy (non-hydrogen) atoms. The highest BCUT2D eigenvalue weighted by atomic mass is 15.4. The molecule has 11 aliphatic rings. The van der Waals surface area contributed by atoms with Crippen LogP contribution in [0.2, 0.25) is 0 Å². The van der Waals surface area contributed by atoms with Crippen molar-refractivity contribution in [3.05, 3.63) is 177 Å². The van der Waals surface area contributed by atoms with Crippen molar-refractivity contribution < 1.29 is 0 Å². The van der Waals surface area contributed by atoms with Crippen LogP contribution in [0, 0.1) is 23.7 Å². The summed E-state index contributed by atoms with van der Waals surface area (Å²) >= 11 is 0. The van der Waals surface area contributed by atoms with Crippen LogP contribution in [0.4, 0.5) is 0 Å². The van der Waals surface area contributed by atoms with Crippen molar-refractivity contribution in [2.75, 3.05) is 0 Å². The van der Waals surface area contributed by atoms with Crippen LogP contribution in [-0.2, 0) is 6.42 Å². The number of aryl methyl sites for hydroxylation is 1. The van der Waals surface area contributed by atoms with Gasteiger partial charge in [0.25, 0.3) is 0 Å². The molecule has 0 amide bonds. The summed E-state index contributed by atoms with van der Waals surface area (Å²) in [6.45, 7) is 4.70. The van der Waals surface area contributed by atoms with Crippen LogP contribution in [0.1, 0.15) is 114 Å². The van der Waals surface area contributed by atoms with Crippen molar-refractivity contribution in [1.29, 1.82) is 0 Å². The fraction of sp³-hybridized carbons (Fsp3) is 0.448. The van der Waals surface area contributed by atoms with E-state index in [0.29, 0.717) is 60.2 Å². The third-order valence-corrected chi connectivity index (χ3v) is 16.7. The first kappa shape index (κ1) is 39.0.